The highest BCUT2D eigenvalue weighted by atomic mass is 32.1. The Morgan fingerprint density at radius 2 is 2.10 bits per heavy atom. The van der Waals surface area contributed by atoms with E-state index in [0.29, 0.717) is 18.5 Å². The van der Waals surface area contributed by atoms with Crippen molar-refractivity contribution in [3.63, 3.8) is 0 Å². The van der Waals surface area contributed by atoms with Crippen molar-refractivity contribution in [1.29, 1.82) is 0 Å². The van der Waals surface area contributed by atoms with Crippen LogP contribution in [0.3, 0.4) is 0 Å². The number of hydrogen-bond donors (Lipinski definition) is 1. The van der Waals surface area contributed by atoms with Gasteiger partial charge in [0.1, 0.15) is 5.69 Å². The molecule has 106 valence electrons. The Hall–Kier alpha value is -1.63. The van der Waals surface area contributed by atoms with Gasteiger partial charge in [0.25, 0.3) is 5.91 Å². The van der Waals surface area contributed by atoms with E-state index in [1.54, 1.807) is 17.8 Å². The lowest BCUT2D eigenvalue weighted by atomic mass is 9.92. The lowest BCUT2D eigenvalue weighted by molar-refractivity contribution is -0.0399. The van der Waals surface area contributed by atoms with Crippen molar-refractivity contribution in [3.05, 3.63) is 23.5 Å². The topological polar surface area (TPSA) is 54.9 Å². The van der Waals surface area contributed by atoms with Gasteiger partial charge in [-0.3, -0.25) is 4.79 Å². The van der Waals surface area contributed by atoms with Gasteiger partial charge in [0.2, 0.25) is 5.92 Å². The van der Waals surface area contributed by atoms with Crippen molar-refractivity contribution in [2.75, 3.05) is 0 Å². The first-order valence-corrected chi connectivity index (χ1v) is 7.29. The molecule has 0 saturated heterocycles. The van der Waals surface area contributed by atoms with Crippen LogP contribution in [0.1, 0.15) is 36.2 Å². The molecule has 1 aliphatic rings. The number of hydrogen-bond acceptors (Lipinski definition) is 4. The molecular formula is C13H13F2N3OS. The zero-order valence-corrected chi connectivity index (χ0v) is 11.4. The fourth-order valence-corrected chi connectivity index (χ4v) is 3.01. The second-order valence-electron chi connectivity index (χ2n) is 4.99. The van der Waals surface area contributed by atoms with Crippen LogP contribution in [0.25, 0.3) is 10.2 Å². The van der Waals surface area contributed by atoms with Crippen molar-refractivity contribution in [1.82, 2.24) is 15.3 Å². The molecule has 0 radical (unpaired) electrons. The molecule has 0 spiro atoms. The maximum absolute atomic E-state index is 13.0. The van der Waals surface area contributed by atoms with E-state index in [1.807, 2.05) is 0 Å². The molecule has 1 amide bonds. The van der Waals surface area contributed by atoms with Gasteiger partial charge in [-0.05, 0) is 18.9 Å². The molecule has 1 saturated carbocycles. The van der Waals surface area contributed by atoms with Crippen LogP contribution < -0.4 is 5.32 Å². The molecule has 4 nitrogen and oxygen atoms in total. The van der Waals surface area contributed by atoms with Gasteiger partial charge >= 0.3 is 0 Å². The monoisotopic (exact) mass is 297 g/mol. The van der Waals surface area contributed by atoms with Crippen molar-refractivity contribution >= 4 is 27.5 Å². The minimum Gasteiger partial charge on any atom is -0.348 e. The zero-order valence-electron chi connectivity index (χ0n) is 10.6. The molecule has 1 N–H and O–H groups in total. The number of aromatic nitrogens is 2. The number of pyridine rings is 1. The number of rotatable bonds is 2. The number of alkyl halides is 2. The highest BCUT2D eigenvalue weighted by molar-refractivity contribution is 7.16. The summed E-state index contributed by atoms with van der Waals surface area (Å²) in [5.74, 6) is -2.89. The molecule has 1 aliphatic carbocycles. The lowest BCUT2D eigenvalue weighted by Gasteiger charge is -2.28. The summed E-state index contributed by atoms with van der Waals surface area (Å²) in [5.41, 5.74) is 2.75. The van der Waals surface area contributed by atoms with Crippen LogP contribution in [0.2, 0.25) is 0 Å². The number of carbonyl (C=O) groups is 1. The summed E-state index contributed by atoms with van der Waals surface area (Å²) in [4.78, 5) is 20.2. The van der Waals surface area contributed by atoms with Crippen molar-refractivity contribution in [3.8, 4) is 0 Å². The van der Waals surface area contributed by atoms with E-state index in [0.717, 1.165) is 10.2 Å². The predicted molar refractivity (Wildman–Crippen MR) is 72.1 cm³/mol. The number of carbonyl (C=O) groups excluding carboxylic acids is 1. The molecule has 0 unspecified atom stereocenters. The molecule has 0 aliphatic heterocycles. The summed E-state index contributed by atoms with van der Waals surface area (Å²) >= 11 is 1.43. The van der Waals surface area contributed by atoms with Crippen molar-refractivity contribution in [2.24, 2.45) is 0 Å². The standard InChI is InChI=1S/C13H13F2N3OS/c14-13(15)3-1-8(2-4-13)18-12(19)9-5-11-10(6-16-9)17-7-20-11/h5-8H,1-4H2,(H,18,19). The molecule has 2 aromatic heterocycles. The van der Waals surface area contributed by atoms with Crippen molar-refractivity contribution < 1.29 is 13.6 Å². The SMILES string of the molecule is O=C(NC1CCC(F)(F)CC1)c1cc2scnc2cn1. The fourth-order valence-electron chi connectivity index (χ4n) is 2.33. The Balaban J connectivity index is 1.67. The molecule has 2 heterocycles. The van der Waals surface area contributed by atoms with Gasteiger partial charge < -0.3 is 5.32 Å². The van der Waals surface area contributed by atoms with Gasteiger partial charge in [-0.1, -0.05) is 0 Å². The number of nitrogens with one attached hydrogen (secondary N) is 1. The van der Waals surface area contributed by atoms with E-state index >= 15 is 0 Å². The van der Waals surface area contributed by atoms with Crippen LogP contribution >= 0.6 is 11.3 Å². The normalized spacial score (nSPS) is 19.1. The Morgan fingerprint density at radius 3 is 2.85 bits per heavy atom. The van der Waals surface area contributed by atoms with E-state index < -0.39 is 5.92 Å². The van der Waals surface area contributed by atoms with E-state index in [1.165, 1.54) is 11.3 Å². The third kappa shape index (κ3) is 2.77. The fraction of sp³-hybridized carbons (Fsp3) is 0.462. The van der Waals surface area contributed by atoms with E-state index in [2.05, 4.69) is 15.3 Å². The molecule has 3 rings (SSSR count). The van der Waals surface area contributed by atoms with Crippen LogP contribution in [0.4, 0.5) is 8.78 Å². The van der Waals surface area contributed by atoms with E-state index in [-0.39, 0.29) is 24.8 Å². The average molecular weight is 297 g/mol. The maximum Gasteiger partial charge on any atom is 0.270 e. The highest BCUT2D eigenvalue weighted by Crippen LogP contribution is 2.33. The van der Waals surface area contributed by atoms with Crippen LogP contribution in [0.15, 0.2) is 17.8 Å². The first-order valence-electron chi connectivity index (χ1n) is 6.41. The summed E-state index contributed by atoms with van der Waals surface area (Å²) in [6.45, 7) is 0. The quantitative estimate of drug-likeness (QED) is 0.927. The minimum atomic E-state index is -2.58. The average Bonchev–Trinajstić information content (AvgIpc) is 2.88. The summed E-state index contributed by atoms with van der Waals surface area (Å²) in [5, 5.41) is 2.78. The third-order valence-corrected chi connectivity index (χ3v) is 4.29. The largest absolute Gasteiger partial charge is 0.348 e. The molecular weight excluding hydrogens is 284 g/mol. The van der Waals surface area contributed by atoms with Gasteiger partial charge in [0.05, 0.1) is 21.9 Å². The minimum absolute atomic E-state index is 0.167. The second-order valence-corrected chi connectivity index (χ2v) is 5.88. The van der Waals surface area contributed by atoms with Crippen LogP contribution in [0, 0.1) is 0 Å². The lowest BCUT2D eigenvalue weighted by Crippen LogP contribution is -2.40. The van der Waals surface area contributed by atoms with Gasteiger partial charge in [-0.15, -0.1) is 11.3 Å². The van der Waals surface area contributed by atoms with Crippen molar-refractivity contribution in [2.45, 2.75) is 37.6 Å². The van der Waals surface area contributed by atoms with Crippen LogP contribution in [-0.2, 0) is 0 Å². The molecule has 2 aromatic rings. The number of fused-ring (bicyclic) bond motifs is 1. The Bertz CT molecular complexity index is 633. The molecule has 1 fully saturated rings. The zero-order chi connectivity index (χ0) is 14.2. The van der Waals surface area contributed by atoms with Gasteiger partial charge in [-0.2, -0.15) is 0 Å². The van der Waals surface area contributed by atoms with Gasteiger partial charge in [0.15, 0.2) is 0 Å². The summed E-state index contributed by atoms with van der Waals surface area (Å²) in [6, 6.07) is 1.49. The molecule has 0 atom stereocenters. The number of halogens is 2. The number of thiazole rings is 1. The van der Waals surface area contributed by atoms with E-state index in [4.69, 9.17) is 0 Å². The predicted octanol–water partition coefficient (Wildman–Crippen LogP) is 3.00. The molecule has 0 aromatic carbocycles. The number of amides is 1. The van der Waals surface area contributed by atoms with E-state index in [9.17, 15) is 13.6 Å². The second kappa shape index (κ2) is 5.05. The molecule has 20 heavy (non-hydrogen) atoms. The third-order valence-electron chi connectivity index (χ3n) is 3.50. The molecule has 7 heteroatoms. The van der Waals surface area contributed by atoms with Crippen LogP contribution in [-0.4, -0.2) is 27.8 Å². The Labute approximate surface area is 118 Å². The molecule has 0 bridgehead atoms. The van der Waals surface area contributed by atoms with Gasteiger partial charge in [-0.25, -0.2) is 18.7 Å². The summed E-state index contributed by atoms with van der Waals surface area (Å²) in [7, 11) is 0. The first-order chi connectivity index (χ1) is 9.53. The smallest absolute Gasteiger partial charge is 0.270 e. The first kappa shape index (κ1) is 13.4. The number of nitrogens with zero attached hydrogens (tertiary/aromatic N) is 2. The summed E-state index contributed by atoms with van der Waals surface area (Å²) in [6.07, 6.45) is 1.83. The maximum atomic E-state index is 13.0. The highest BCUT2D eigenvalue weighted by Gasteiger charge is 2.35. The summed E-state index contributed by atoms with van der Waals surface area (Å²) < 4.78 is 27.0. The van der Waals surface area contributed by atoms with Gasteiger partial charge in [0, 0.05) is 18.9 Å². The Morgan fingerprint density at radius 1 is 1.35 bits per heavy atom. The van der Waals surface area contributed by atoms with Crippen LogP contribution in [0.5, 0.6) is 0 Å². The Kier molecular flexibility index (Phi) is 3.37.